The lowest BCUT2D eigenvalue weighted by Crippen LogP contribution is -2.55. The molecule has 0 radical (unpaired) electrons. The third-order valence-electron chi connectivity index (χ3n) is 3.33. The number of carbonyl (C=O) groups excluding carboxylic acids is 4. The maximum Gasteiger partial charge on any atom is 0.243 e. The van der Waals surface area contributed by atoms with Crippen molar-refractivity contribution in [2.75, 3.05) is 6.54 Å². The molecule has 1 aliphatic rings. The molecule has 22 heavy (non-hydrogen) atoms. The zero-order valence-electron chi connectivity index (χ0n) is 13.0. The van der Waals surface area contributed by atoms with Crippen LogP contribution in [0.5, 0.6) is 0 Å². The number of nitrogens with two attached hydrogens (primary N) is 1. The Hall–Kier alpha value is -2.12. The van der Waals surface area contributed by atoms with Gasteiger partial charge in [-0.1, -0.05) is 13.8 Å². The summed E-state index contributed by atoms with van der Waals surface area (Å²) in [7, 11) is 0. The Morgan fingerprint density at radius 1 is 1.36 bits per heavy atom. The Labute approximate surface area is 129 Å². The molecule has 1 rings (SSSR count). The maximum atomic E-state index is 12.2. The summed E-state index contributed by atoms with van der Waals surface area (Å²) >= 11 is 0. The summed E-state index contributed by atoms with van der Waals surface area (Å²) in [6.07, 6.45) is 2.04. The zero-order valence-corrected chi connectivity index (χ0v) is 13.0. The molecule has 1 fully saturated rings. The molecule has 0 saturated carbocycles. The zero-order chi connectivity index (χ0) is 16.7. The average Bonchev–Trinajstić information content (AvgIpc) is 2.43. The van der Waals surface area contributed by atoms with Crippen LogP contribution < -0.4 is 21.7 Å². The van der Waals surface area contributed by atoms with Gasteiger partial charge in [-0.15, -0.1) is 0 Å². The number of hydrogen-bond acceptors (Lipinski definition) is 4. The van der Waals surface area contributed by atoms with Crippen molar-refractivity contribution >= 4 is 23.6 Å². The fourth-order valence-corrected chi connectivity index (χ4v) is 2.27. The fraction of sp³-hybridized carbons (Fsp3) is 0.714. The van der Waals surface area contributed by atoms with Crippen molar-refractivity contribution in [3.63, 3.8) is 0 Å². The highest BCUT2D eigenvalue weighted by Crippen LogP contribution is 2.10. The number of rotatable bonds is 7. The van der Waals surface area contributed by atoms with Gasteiger partial charge < -0.3 is 21.7 Å². The highest BCUT2D eigenvalue weighted by molar-refractivity contribution is 5.93. The number of hydrogen-bond donors (Lipinski definition) is 4. The van der Waals surface area contributed by atoms with Gasteiger partial charge in [0, 0.05) is 6.42 Å². The molecule has 0 aromatic carbocycles. The minimum Gasteiger partial charge on any atom is -0.368 e. The molecule has 8 heteroatoms. The smallest absolute Gasteiger partial charge is 0.243 e. The monoisotopic (exact) mass is 312 g/mol. The number of nitrogens with one attached hydrogen (secondary N) is 3. The number of piperidine rings is 1. The Kier molecular flexibility index (Phi) is 6.81. The van der Waals surface area contributed by atoms with Gasteiger partial charge in [-0.05, 0) is 25.2 Å². The normalized spacial score (nSPS) is 19.2. The standard InChI is InChI=1S/C14H24N4O4/c1-8(2)6-10(13(21)16-7-11(15)19)18-14(22)9-4-3-5-12(20)17-9/h8-10H,3-7H2,1-2H3,(H2,15,19)(H,16,21)(H,17,20)(H,18,22)/t9?,10-/m0/s1. The lowest BCUT2D eigenvalue weighted by molar-refractivity contribution is -0.134. The van der Waals surface area contributed by atoms with Gasteiger partial charge >= 0.3 is 0 Å². The molecule has 0 spiro atoms. The van der Waals surface area contributed by atoms with Crippen LogP contribution in [0.3, 0.4) is 0 Å². The van der Waals surface area contributed by atoms with E-state index in [9.17, 15) is 19.2 Å². The van der Waals surface area contributed by atoms with Crippen molar-refractivity contribution in [1.82, 2.24) is 16.0 Å². The van der Waals surface area contributed by atoms with Gasteiger partial charge in [0.25, 0.3) is 0 Å². The Morgan fingerprint density at radius 2 is 2.05 bits per heavy atom. The van der Waals surface area contributed by atoms with E-state index in [0.717, 1.165) is 0 Å². The van der Waals surface area contributed by atoms with Gasteiger partial charge in [0.2, 0.25) is 23.6 Å². The molecule has 4 amide bonds. The van der Waals surface area contributed by atoms with Crippen LogP contribution in [0.15, 0.2) is 0 Å². The lowest BCUT2D eigenvalue weighted by Gasteiger charge is -2.26. The van der Waals surface area contributed by atoms with Crippen molar-refractivity contribution in [2.24, 2.45) is 11.7 Å². The van der Waals surface area contributed by atoms with Gasteiger partial charge in [-0.2, -0.15) is 0 Å². The van der Waals surface area contributed by atoms with Crippen LogP contribution in [0.4, 0.5) is 0 Å². The largest absolute Gasteiger partial charge is 0.368 e. The topological polar surface area (TPSA) is 130 Å². The summed E-state index contributed by atoms with van der Waals surface area (Å²) in [5.74, 6) is -1.48. The number of carbonyl (C=O) groups is 4. The van der Waals surface area contributed by atoms with Crippen LogP contribution >= 0.6 is 0 Å². The minimum atomic E-state index is -0.759. The third-order valence-corrected chi connectivity index (χ3v) is 3.33. The second-order valence-corrected chi connectivity index (χ2v) is 5.89. The summed E-state index contributed by atoms with van der Waals surface area (Å²) in [5.41, 5.74) is 4.99. The van der Waals surface area contributed by atoms with Gasteiger partial charge in [-0.25, -0.2) is 0 Å². The van der Waals surface area contributed by atoms with Crippen LogP contribution in [0.2, 0.25) is 0 Å². The van der Waals surface area contributed by atoms with Gasteiger partial charge in [0.05, 0.1) is 6.54 Å². The Morgan fingerprint density at radius 3 is 2.59 bits per heavy atom. The van der Waals surface area contributed by atoms with Crippen molar-refractivity contribution in [1.29, 1.82) is 0 Å². The van der Waals surface area contributed by atoms with Gasteiger partial charge in [0.1, 0.15) is 12.1 Å². The average molecular weight is 312 g/mol. The predicted molar refractivity (Wildman–Crippen MR) is 79.4 cm³/mol. The second kappa shape index (κ2) is 8.35. The van der Waals surface area contributed by atoms with E-state index in [1.807, 2.05) is 13.8 Å². The highest BCUT2D eigenvalue weighted by Gasteiger charge is 2.29. The molecule has 1 saturated heterocycles. The predicted octanol–water partition coefficient (Wildman–Crippen LogP) is -1.21. The first-order chi connectivity index (χ1) is 10.3. The van der Waals surface area contributed by atoms with Crippen LogP contribution in [-0.4, -0.2) is 42.3 Å². The lowest BCUT2D eigenvalue weighted by atomic mass is 10.0. The highest BCUT2D eigenvalue weighted by atomic mass is 16.2. The summed E-state index contributed by atoms with van der Waals surface area (Å²) < 4.78 is 0. The molecule has 0 aliphatic carbocycles. The van der Waals surface area contributed by atoms with E-state index < -0.39 is 23.9 Å². The van der Waals surface area contributed by atoms with E-state index in [0.29, 0.717) is 25.7 Å². The second-order valence-electron chi connectivity index (χ2n) is 5.89. The Balaban J connectivity index is 2.62. The SMILES string of the molecule is CC(C)C[C@H](NC(=O)C1CCCC(=O)N1)C(=O)NCC(N)=O. The molecule has 0 aromatic heterocycles. The molecule has 5 N–H and O–H groups in total. The van der Waals surface area contributed by atoms with Crippen LogP contribution in [0, 0.1) is 5.92 Å². The van der Waals surface area contributed by atoms with Crippen molar-refractivity contribution in [3.05, 3.63) is 0 Å². The molecular weight excluding hydrogens is 288 g/mol. The van der Waals surface area contributed by atoms with E-state index in [4.69, 9.17) is 5.73 Å². The summed E-state index contributed by atoms with van der Waals surface area (Å²) in [4.78, 5) is 46.3. The molecular formula is C14H24N4O4. The molecule has 2 atom stereocenters. The van der Waals surface area contributed by atoms with Crippen LogP contribution in [-0.2, 0) is 19.2 Å². The van der Waals surface area contributed by atoms with Gasteiger partial charge in [0.15, 0.2) is 0 Å². The summed E-state index contributed by atoms with van der Waals surface area (Å²) in [6, 6.07) is -1.37. The van der Waals surface area contributed by atoms with E-state index in [-0.39, 0.29) is 24.3 Å². The molecule has 1 unspecified atom stereocenters. The van der Waals surface area contributed by atoms with Crippen LogP contribution in [0.1, 0.15) is 39.5 Å². The third kappa shape index (κ3) is 6.11. The quantitative estimate of drug-likeness (QED) is 0.469. The maximum absolute atomic E-state index is 12.2. The molecule has 8 nitrogen and oxygen atoms in total. The molecule has 124 valence electrons. The van der Waals surface area contributed by atoms with Crippen molar-refractivity contribution in [3.8, 4) is 0 Å². The molecule has 1 heterocycles. The van der Waals surface area contributed by atoms with Crippen LogP contribution in [0.25, 0.3) is 0 Å². The molecule has 1 aliphatic heterocycles. The first-order valence-electron chi connectivity index (χ1n) is 7.45. The van der Waals surface area contributed by atoms with E-state index in [2.05, 4.69) is 16.0 Å². The first-order valence-corrected chi connectivity index (χ1v) is 7.45. The van der Waals surface area contributed by atoms with Crippen molar-refractivity contribution < 1.29 is 19.2 Å². The molecule has 0 bridgehead atoms. The summed E-state index contributed by atoms with van der Waals surface area (Å²) in [5, 5.41) is 7.64. The summed E-state index contributed by atoms with van der Waals surface area (Å²) in [6.45, 7) is 3.56. The first kappa shape index (κ1) is 17.9. The van der Waals surface area contributed by atoms with E-state index in [1.165, 1.54) is 0 Å². The minimum absolute atomic E-state index is 0.162. The van der Waals surface area contributed by atoms with E-state index >= 15 is 0 Å². The number of amides is 4. The molecule has 0 aromatic rings. The van der Waals surface area contributed by atoms with Crippen molar-refractivity contribution in [2.45, 2.75) is 51.6 Å². The number of primary amides is 1. The van der Waals surface area contributed by atoms with E-state index in [1.54, 1.807) is 0 Å². The van der Waals surface area contributed by atoms with Gasteiger partial charge in [-0.3, -0.25) is 19.2 Å². The Bertz CT molecular complexity index is 450. The fourth-order valence-electron chi connectivity index (χ4n) is 2.27.